The zero-order chi connectivity index (χ0) is 14.7. The number of aromatic hydroxyl groups is 1. The van der Waals surface area contributed by atoms with Crippen LogP contribution in [0.5, 0.6) is 5.75 Å². The summed E-state index contributed by atoms with van der Waals surface area (Å²) >= 11 is 0. The Hall–Kier alpha value is -3.08. The van der Waals surface area contributed by atoms with Gasteiger partial charge in [0.2, 0.25) is 0 Å². The minimum absolute atomic E-state index is 0.0532. The van der Waals surface area contributed by atoms with Crippen LogP contribution in [0.1, 0.15) is 10.4 Å². The van der Waals surface area contributed by atoms with Gasteiger partial charge >= 0.3 is 0 Å². The number of phenolic OH excluding ortho intramolecular Hbond substituents is 1. The third kappa shape index (κ3) is 2.92. The van der Waals surface area contributed by atoms with Gasteiger partial charge in [0.15, 0.2) is 5.82 Å². The molecule has 0 unspecified atom stereocenters. The number of amides is 1. The van der Waals surface area contributed by atoms with E-state index < -0.39 is 0 Å². The highest BCUT2D eigenvalue weighted by atomic mass is 16.3. The summed E-state index contributed by atoms with van der Waals surface area (Å²) < 4.78 is 1.68. The molecule has 3 rings (SSSR count). The van der Waals surface area contributed by atoms with Crippen molar-refractivity contribution in [3.63, 3.8) is 0 Å². The second kappa shape index (κ2) is 5.50. The quantitative estimate of drug-likeness (QED) is 0.774. The van der Waals surface area contributed by atoms with E-state index in [2.05, 4.69) is 10.4 Å². The Labute approximate surface area is 121 Å². The number of anilines is 1. The number of hydrogen-bond acceptors (Lipinski definition) is 3. The number of para-hydroxylation sites is 1. The van der Waals surface area contributed by atoms with Crippen molar-refractivity contribution in [2.45, 2.75) is 0 Å². The number of hydrogen-bond donors (Lipinski definition) is 2. The maximum Gasteiger partial charge on any atom is 0.256 e. The molecular formula is C16H13N3O2. The van der Waals surface area contributed by atoms with Crippen LogP contribution in [0, 0.1) is 0 Å². The van der Waals surface area contributed by atoms with Crippen LogP contribution >= 0.6 is 0 Å². The molecule has 0 aliphatic carbocycles. The predicted octanol–water partition coefficient (Wildman–Crippen LogP) is 2.83. The monoisotopic (exact) mass is 279 g/mol. The van der Waals surface area contributed by atoms with Gasteiger partial charge in [0.1, 0.15) is 5.75 Å². The predicted molar refractivity (Wildman–Crippen MR) is 79.6 cm³/mol. The minimum Gasteiger partial charge on any atom is -0.508 e. The molecule has 0 radical (unpaired) electrons. The summed E-state index contributed by atoms with van der Waals surface area (Å²) in [7, 11) is 0. The van der Waals surface area contributed by atoms with E-state index in [1.165, 1.54) is 12.1 Å². The zero-order valence-corrected chi connectivity index (χ0v) is 11.1. The number of phenols is 1. The van der Waals surface area contributed by atoms with Crippen molar-refractivity contribution in [1.29, 1.82) is 0 Å². The standard InChI is InChI=1S/C16H13N3O2/c20-14-8-4-5-12(11-14)16(21)17-15-9-10-19(18-15)13-6-2-1-3-7-13/h1-11,20H,(H,17,18,21). The topological polar surface area (TPSA) is 67.2 Å². The van der Waals surface area contributed by atoms with Gasteiger partial charge < -0.3 is 10.4 Å². The van der Waals surface area contributed by atoms with Crippen LogP contribution < -0.4 is 5.32 Å². The molecule has 0 aliphatic rings. The molecule has 3 aromatic rings. The van der Waals surface area contributed by atoms with Crippen LogP contribution in [0.15, 0.2) is 66.9 Å². The first-order valence-electron chi connectivity index (χ1n) is 6.44. The molecule has 0 fully saturated rings. The van der Waals surface area contributed by atoms with Gasteiger partial charge in [-0.05, 0) is 30.3 Å². The Bertz CT molecular complexity index is 766. The van der Waals surface area contributed by atoms with Gasteiger partial charge in [0.25, 0.3) is 5.91 Å². The number of carbonyl (C=O) groups is 1. The summed E-state index contributed by atoms with van der Waals surface area (Å²) in [5.41, 5.74) is 1.29. The van der Waals surface area contributed by atoms with Crippen molar-refractivity contribution >= 4 is 11.7 Å². The van der Waals surface area contributed by atoms with Gasteiger partial charge in [-0.15, -0.1) is 0 Å². The lowest BCUT2D eigenvalue weighted by atomic mass is 10.2. The smallest absolute Gasteiger partial charge is 0.256 e. The molecule has 0 bridgehead atoms. The normalized spacial score (nSPS) is 10.3. The summed E-state index contributed by atoms with van der Waals surface area (Å²) in [6.07, 6.45) is 1.77. The van der Waals surface area contributed by atoms with Crippen LogP contribution in [0.4, 0.5) is 5.82 Å². The molecule has 2 aromatic carbocycles. The first-order chi connectivity index (χ1) is 10.2. The van der Waals surface area contributed by atoms with Crippen LogP contribution in [0.3, 0.4) is 0 Å². The second-order valence-electron chi connectivity index (χ2n) is 4.49. The Morgan fingerprint density at radius 2 is 1.86 bits per heavy atom. The van der Waals surface area contributed by atoms with E-state index in [9.17, 15) is 9.90 Å². The maximum atomic E-state index is 12.0. The molecular weight excluding hydrogens is 266 g/mol. The maximum absolute atomic E-state index is 12.0. The molecule has 104 valence electrons. The highest BCUT2D eigenvalue weighted by Crippen LogP contribution is 2.14. The summed E-state index contributed by atoms with van der Waals surface area (Å²) in [6.45, 7) is 0. The fourth-order valence-electron chi connectivity index (χ4n) is 1.95. The van der Waals surface area contributed by atoms with Crippen molar-refractivity contribution in [2.24, 2.45) is 0 Å². The molecule has 0 atom stereocenters. The highest BCUT2D eigenvalue weighted by molar-refractivity contribution is 6.03. The number of aromatic nitrogens is 2. The second-order valence-corrected chi connectivity index (χ2v) is 4.49. The highest BCUT2D eigenvalue weighted by Gasteiger charge is 2.08. The van der Waals surface area contributed by atoms with E-state index in [0.29, 0.717) is 11.4 Å². The van der Waals surface area contributed by atoms with Crippen LogP contribution in [0.2, 0.25) is 0 Å². The number of rotatable bonds is 3. The van der Waals surface area contributed by atoms with Gasteiger partial charge in [-0.2, -0.15) is 5.10 Å². The summed E-state index contributed by atoms with van der Waals surface area (Å²) in [4.78, 5) is 12.0. The van der Waals surface area contributed by atoms with E-state index in [1.54, 1.807) is 29.1 Å². The van der Waals surface area contributed by atoms with E-state index in [-0.39, 0.29) is 11.7 Å². The molecule has 1 aromatic heterocycles. The third-order valence-corrected chi connectivity index (χ3v) is 2.96. The minimum atomic E-state index is -0.316. The molecule has 0 saturated heterocycles. The van der Waals surface area contributed by atoms with Crippen molar-refractivity contribution in [3.8, 4) is 11.4 Å². The van der Waals surface area contributed by atoms with Crippen molar-refractivity contribution in [2.75, 3.05) is 5.32 Å². The summed E-state index contributed by atoms with van der Waals surface area (Å²) in [6, 6.07) is 17.5. The largest absolute Gasteiger partial charge is 0.508 e. The molecule has 1 heterocycles. The van der Waals surface area contributed by atoms with Crippen molar-refractivity contribution < 1.29 is 9.90 Å². The van der Waals surface area contributed by atoms with Crippen molar-refractivity contribution in [3.05, 3.63) is 72.4 Å². The fourth-order valence-corrected chi connectivity index (χ4v) is 1.95. The first-order valence-corrected chi connectivity index (χ1v) is 6.44. The average molecular weight is 279 g/mol. The van der Waals surface area contributed by atoms with E-state index in [4.69, 9.17) is 0 Å². The lowest BCUT2D eigenvalue weighted by Gasteiger charge is -2.03. The molecule has 5 heteroatoms. The summed E-state index contributed by atoms with van der Waals surface area (Å²) in [5, 5.41) is 16.4. The Morgan fingerprint density at radius 1 is 1.05 bits per heavy atom. The van der Waals surface area contributed by atoms with Crippen LogP contribution in [-0.4, -0.2) is 20.8 Å². The Kier molecular flexibility index (Phi) is 3.39. The van der Waals surface area contributed by atoms with Gasteiger partial charge in [0, 0.05) is 17.8 Å². The first kappa shape index (κ1) is 12.9. The van der Waals surface area contributed by atoms with E-state index in [0.717, 1.165) is 5.69 Å². The van der Waals surface area contributed by atoms with Gasteiger partial charge in [-0.25, -0.2) is 4.68 Å². The van der Waals surface area contributed by atoms with Gasteiger partial charge in [0.05, 0.1) is 5.69 Å². The van der Waals surface area contributed by atoms with E-state index in [1.807, 2.05) is 30.3 Å². The van der Waals surface area contributed by atoms with Crippen LogP contribution in [0.25, 0.3) is 5.69 Å². The molecule has 2 N–H and O–H groups in total. The molecule has 0 spiro atoms. The number of nitrogens with one attached hydrogen (secondary N) is 1. The molecule has 1 amide bonds. The Balaban J connectivity index is 1.77. The van der Waals surface area contributed by atoms with Gasteiger partial charge in [-0.1, -0.05) is 24.3 Å². The molecule has 21 heavy (non-hydrogen) atoms. The SMILES string of the molecule is O=C(Nc1ccn(-c2ccccc2)n1)c1cccc(O)c1. The number of nitrogens with zero attached hydrogens (tertiary/aromatic N) is 2. The van der Waals surface area contributed by atoms with Gasteiger partial charge in [-0.3, -0.25) is 4.79 Å². The molecule has 5 nitrogen and oxygen atoms in total. The third-order valence-electron chi connectivity index (χ3n) is 2.96. The number of carbonyl (C=O) groups excluding carboxylic acids is 1. The molecule has 0 aliphatic heterocycles. The average Bonchev–Trinajstić information content (AvgIpc) is 2.97. The van der Waals surface area contributed by atoms with Crippen LogP contribution in [-0.2, 0) is 0 Å². The fraction of sp³-hybridized carbons (Fsp3) is 0. The molecule has 0 saturated carbocycles. The zero-order valence-electron chi connectivity index (χ0n) is 11.1. The lowest BCUT2D eigenvalue weighted by Crippen LogP contribution is -2.12. The Morgan fingerprint density at radius 3 is 2.62 bits per heavy atom. The van der Waals surface area contributed by atoms with E-state index >= 15 is 0 Å². The number of benzene rings is 2. The van der Waals surface area contributed by atoms with Crippen molar-refractivity contribution in [1.82, 2.24) is 9.78 Å². The lowest BCUT2D eigenvalue weighted by molar-refractivity contribution is 0.102. The summed E-state index contributed by atoms with van der Waals surface area (Å²) in [5.74, 6) is 0.189.